The zero-order valence-electron chi connectivity index (χ0n) is 9.58. The highest BCUT2D eigenvalue weighted by Crippen LogP contribution is 2.01. The Morgan fingerprint density at radius 3 is 2.67 bits per heavy atom. The quantitative estimate of drug-likeness (QED) is 0.530. The van der Waals surface area contributed by atoms with Gasteiger partial charge in [-0.05, 0) is 44.8 Å². The Morgan fingerprint density at radius 1 is 1.13 bits per heavy atom. The lowest BCUT2D eigenvalue weighted by atomic mass is 10.1. The van der Waals surface area contributed by atoms with Crippen LogP contribution in [-0.2, 0) is 6.42 Å². The average Bonchev–Trinajstić information content (AvgIpc) is 2.29. The molecule has 0 saturated heterocycles. The van der Waals surface area contributed by atoms with Gasteiger partial charge in [-0.1, -0.05) is 42.5 Å². The summed E-state index contributed by atoms with van der Waals surface area (Å²) in [6, 6.07) is 10.7. The van der Waals surface area contributed by atoms with E-state index < -0.39 is 0 Å². The molecule has 0 heterocycles. The summed E-state index contributed by atoms with van der Waals surface area (Å²) in [5, 5.41) is 3.44. The van der Waals surface area contributed by atoms with E-state index in [-0.39, 0.29) is 0 Å². The van der Waals surface area contributed by atoms with Gasteiger partial charge in [-0.25, -0.2) is 0 Å². The summed E-state index contributed by atoms with van der Waals surface area (Å²) in [7, 11) is 0. The third-order valence-electron chi connectivity index (χ3n) is 2.39. The van der Waals surface area contributed by atoms with E-state index in [0.29, 0.717) is 0 Å². The monoisotopic (exact) mass is 203 g/mol. The predicted molar refractivity (Wildman–Crippen MR) is 67.1 cm³/mol. The van der Waals surface area contributed by atoms with Crippen LogP contribution in [0.1, 0.15) is 25.3 Å². The summed E-state index contributed by atoms with van der Waals surface area (Å²) in [5.41, 5.74) is 1.44. The fourth-order valence-electron chi connectivity index (χ4n) is 1.54. The van der Waals surface area contributed by atoms with Crippen molar-refractivity contribution in [1.29, 1.82) is 0 Å². The Balaban J connectivity index is 1.98. The third-order valence-corrected chi connectivity index (χ3v) is 2.39. The minimum absolute atomic E-state index is 1.10. The lowest BCUT2D eigenvalue weighted by Crippen LogP contribution is -2.16. The number of allylic oxidation sites excluding steroid dienone is 1. The van der Waals surface area contributed by atoms with E-state index in [0.717, 1.165) is 19.5 Å². The van der Waals surface area contributed by atoms with Crippen LogP contribution in [0.15, 0.2) is 42.5 Å². The fraction of sp³-hybridized carbons (Fsp3) is 0.429. The lowest BCUT2D eigenvalue weighted by Gasteiger charge is -2.03. The second-order valence-electron chi connectivity index (χ2n) is 3.70. The summed E-state index contributed by atoms with van der Waals surface area (Å²) in [5.74, 6) is 0. The first-order valence-corrected chi connectivity index (χ1v) is 5.79. The Kier molecular flexibility index (Phi) is 6.59. The molecule has 1 nitrogen and oxygen atoms in total. The van der Waals surface area contributed by atoms with Crippen molar-refractivity contribution in [3.8, 4) is 0 Å². The van der Waals surface area contributed by atoms with Crippen LogP contribution in [-0.4, -0.2) is 13.1 Å². The molecule has 1 heteroatoms. The summed E-state index contributed by atoms with van der Waals surface area (Å²) < 4.78 is 0. The molecule has 15 heavy (non-hydrogen) atoms. The van der Waals surface area contributed by atoms with Crippen molar-refractivity contribution < 1.29 is 0 Å². The Labute approximate surface area is 93.2 Å². The summed E-state index contributed by atoms with van der Waals surface area (Å²) in [6.45, 7) is 4.28. The highest BCUT2D eigenvalue weighted by Gasteiger charge is 1.91. The smallest absolute Gasteiger partial charge is 0.00143 e. The molecule has 0 saturated carbocycles. The molecule has 0 spiro atoms. The summed E-state index contributed by atoms with van der Waals surface area (Å²) >= 11 is 0. The van der Waals surface area contributed by atoms with Crippen LogP contribution < -0.4 is 5.32 Å². The van der Waals surface area contributed by atoms with Gasteiger partial charge in [-0.2, -0.15) is 0 Å². The molecule has 0 fully saturated rings. The number of nitrogens with one attached hydrogen (secondary N) is 1. The first-order valence-electron chi connectivity index (χ1n) is 5.79. The van der Waals surface area contributed by atoms with Gasteiger partial charge in [0.2, 0.25) is 0 Å². The average molecular weight is 203 g/mol. The molecule has 0 aliphatic heterocycles. The van der Waals surface area contributed by atoms with Gasteiger partial charge in [0.15, 0.2) is 0 Å². The van der Waals surface area contributed by atoms with E-state index >= 15 is 0 Å². The van der Waals surface area contributed by atoms with E-state index in [2.05, 4.69) is 54.7 Å². The largest absolute Gasteiger partial charge is 0.316 e. The van der Waals surface area contributed by atoms with Gasteiger partial charge in [0.25, 0.3) is 0 Å². The molecule has 0 aliphatic rings. The van der Waals surface area contributed by atoms with Crippen LogP contribution in [0, 0.1) is 0 Å². The molecular weight excluding hydrogens is 182 g/mol. The zero-order chi connectivity index (χ0) is 10.8. The number of aryl methyl sites for hydroxylation is 1. The van der Waals surface area contributed by atoms with Crippen LogP contribution in [0.5, 0.6) is 0 Å². The van der Waals surface area contributed by atoms with Crippen LogP contribution in [0.4, 0.5) is 0 Å². The Bertz CT molecular complexity index is 264. The summed E-state index contributed by atoms with van der Waals surface area (Å²) in [6.07, 6.45) is 7.84. The highest BCUT2D eigenvalue weighted by molar-refractivity contribution is 5.14. The number of hydrogen-bond donors (Lipinski definition) is 1. The standard InChI is InChI=1S/C14H21N/c1-2-3-7-12-15-13-8-11-14-9-5-4-6-10-14/h2-6,9-10,15H,7-8,11-13H2,1H3/b3-2+. The molecule has 1 rings (SSSR count). The van der Waals surface area contributed by atoms with E-state index in [1.807, 2.05) is 0 Å². The first kappa shape index (κ1) is 12.0. The molecule has 0 aromatic heterocycles. The van der Waals surface area contributed by atoms with E-state index in [1.165, 1.54) is 18.4 Å². The molecule has 1 aromatic carbocycles. The van der Waals surface area contributed by atoms with E-state index in [1.54, 1.807) is 0 Å². The van der Waals surface area contributed by atoms with Gasteiger partial charge in [-0.15, -0.1) is 0 Å². The molecule has 0 atom stereocenters. The summed E-state index contributed by atoms with van der Waals surface area (Å²) in [4.78, 5) is 0. The SMILES string of the molecule is C/C=C/CCNCCCc1ccccc1. The first-order chi connectivity index (χ1) is 7.43. The lowest BCUT2D eigenvalue weighted by molar-refractivity contribution is 0.653. The maximum atomic E-state index is 3.44. The van der Waals surface area contributed by atoms with E-state index in [4.69, 9.17) is 0 Å². The van der Waals surface area contributed by atoms with Gasteiger partial charge in [-0.3, -0.25) is 0 Å². The van der Waals surface area contributed by atoms with Crippen LogP contribution in [0.2, 0.25) is 0 Å². The Hall–Kier alpha value is -1.08. The van der Waals surface area contributed by atoms with Crippen molar-refractivity contribution >= 4 is 0 Å². The molecule has 0 radical (unpaired) electrons. The molecule has 82 valence electrons. The molecular formula is C14H21N. The van der Waals surface area contributed by atoms with Crippen molar-refractivity contribution in [3.63, 3.8) is 0 Å². The molecule has 0 bridgehead atoms. The van der Waals surface area contributed by atoms with E-state index in [9.17, 15) is 0 Å². The molecule has 0 unspecified atom stereocenters. The second-order valence-corrected chi connectivity index (χ2v) is 3.70. The highest BCUT2D eigenvalue weighted by atomic mass is 14.8. The maximum Gasteiger partial charge on any atom is -0.00143 e. The fourth-order valence-corrected chi connectivity index (χ4v) is 1.54. The molecule has 1 N–H and O–H groups in total. The van der Waals surface area contributed by atoms with Crippen molar-refractivity contribution in [2.24, 2.45) is 0 Å². The molecule has 1 aromatic rings. The van der Waals surface area contributed by atoms with Gasteiger partial charge >= 0.3 is 0 Å². The number of benzene rings is 1. The second kappa shape index (κ2) is 8.25. The molecule has 0 aliphatic carbocycles. The van der Waals surface area contributed by atoms with Crippen molar-refractivity contribution in [2.45, 2.75) is 26.2 Å². The minimum atomic E-state index is 1.10. The third kappa shape index (κ3) is 6.08. The topological polar surface area (TPSA) is 12.0 Å². The Morgan fingerprint density at radius 2 is 1.93 bits per heavy atom. The predicted octanol–water partition coefficient (Wildman–Crippen LogP) is 3.18. The molecule has 0 amide bonds. The zero-order valence-corrected chi connectivity index (χ0v) is 9.58. The van der Waals surface area contributed by atoms with Gasteiger partial charge < -0.3 is 5.32 Å². The van der Waals surface area contributed by atoms with Crippen LogP contribution in [0.3, 0.4) is 0 Å². The number of rotatable bonds is 7. The van der Waals surface area contributed by atoms with Crippen molar-refractivity contribution in [3.05, 3.63) is 48.0 Å². The van der Waals surface area contributed by atoms with Gasteiger partial charge in [0.05, 0.1) is 0 Å². The van der Waals surface area contributed by atoms with Crippen LogP contribution in [0.25, 0.3) is 0 Å². The van der Waals surface area contributed by atoms with Gasteiger partial charge in [0, 0.05) is 0 Å². The van der Waals surface area contributed by atoms with Crippen molar-refractivity contribution in [2.75, 3.05) is 13.1 Å². The number of hydrogen-bond acceptors (Lipinski definition) is 1. The van der Waals surface area contributed by atoms with Crippen molar-refractivity contribution in [1.82, 2.24) is 5.32 Å². The normalized spacial score (nSPS) is 11.0. The minimum Gasteiger partial charge on any atom is -0.316 e. The van der Waals surface area contributed by atoms with Gasteiger partial charge in [0.1, 0.15) is 0 Å². The maximum absolute atomic E-state index is 3.44. The van der Waals surface area contributed by atoms with Crippen LogP contribution >= 0.6 is 0 Å².